The summed E-state index contributed by atoms with van der Waals surface area (Å²) in [5.74, 6) is -2.90. The summed E-state index contributed by atoms with van der Waals surface area (Å²) in [4.78, 5) is 40.4. The average Bonchev–Trinajstić information content (AvgIpc) is 3.49. The third-order valence-corrected chi connectivity index (χ3v) is 6.17. The minimum absolute atomic E-state index is 0.0000440. The molecule has 3 amide bonds. The van der Waals surface area contributed by atoms with Gasteiger partial charge in [-0.25, -0.2) is 8.78 Å². The molecule has 2 aromatic rings. The fourth-order valence-corrected chi connectivity index (χ4v) is 4.20. The van der Waals surface area contributed by atoms with Gasteiger partial charge in [0.2, 0.25) is 11.8 Å². The molecule has 4 N–H and O–H groups in total. The molecule has 0 radical (unpaired) electrons. The molecule has 3 atom stereocenters. The van der Waals surface area contributed by atoms with Crippen molar-refractivity contribution in [3.8, 4) is 6.07 Å². The molecule has 10 heteroatoms. The van der Waals surface area contributed by atoms with E-state index in [2.05, 4.69) is 20.9 Å². The maximum absolute atomic E-state index is 14.0. The van der Waals surface area contributed by atoms with E-state index in [9.17, 15) is 28.4 Å². The normalized spacial score (nSPS) is 19.9. The van der Waals surface area contributed by atoms with E-state index < -0.39 is 35.5 Å². The van der Waals surface area contributed by atoms with E-state index in [1.54, 1.807) is 0 Å². The molecule has 1 aromatic carbocycles. The van der Waals surface area contributed by atoms with Crippen molar-refractivity contribution in [2.24, 2.45) is 11.8 Å². The van der Waals surface area contributed by atoms with Gasteiger partial charge in [-0.1, -0.05) is 12.8 Å². The Morgan fingerprint density at radius 1 is 1.15 bits per heavy atom. The van der Waals surface area contributed by atoms with Gasteiger partial charge in [0, 0.05) is 23.9 Å². The Morgan fingerprint density at radius 3 is 2.64 bits per heavy atom. The molecule has 1 saturated carbocycles. The second kappa shape index (κ2) is 9.57. The Labute approximate surface area is 189 Å². The molecule has 33 heavy (non-hydrogen) atoms. The summed E-state index contributed by atoms with van der Waals surface area (Å²) >= 11 is 0. The minimum Gasteiger partial charge on any atom is -0.356 e. The van der Waals surface area contributed by atoms with Crippen LogP contribution in [0.25, 0.3) is 10.9 Å². The van der Waals surface area contributed by atoms with Gasteiger partial charge in [0.25, 0.3) is 5.91 Å². The van der Waals surface area contributed by atoms with Crippen LogP contribution in [0.3, 0.4) is 0 Å². The van der Waals surface area contributed by atoms with Gasteiger partial charge < -0.3 is 20.9 Å². The number of carbonyl (C=O) groups excluding carboxylic acids is 3. The SMILES string of the molecule is N#C[C@H](C[C@@H]1CCCNC1=O)NC(=O)[C@H](CC1CC1)NC(=O)c1cc2cc(F)cc(F)c2[nH]1. The molecule has 2 fully saturated rings. The number of H-pyrrole nitrogens is 1. The largest absolute Gasteiger partial charge is 0.356 e. The van der Waals surface area contributed by atoms with Crippen molar-refractivity contribution in [3.63, 3.8) is 0 Å². The van der Waals surface area contributed by atoms with E-state index in [0.29, 0.717) is 25.3 Å². The Hall–Kier alpha value is -3.48. The fourth-order valence-electron chi connectivity index (χ4n) is 4.20. The molecule has 0 unspecified atom stereocenters. The number of halogens is 2. The Kier molecular flexibility index (Phi) is 6.58. The molecule has 8 nitrogen and oxygen atoms in total. The van der Waals surface area contributed by atoms with Crippen LogP contribution in [-0.4, -0.2) is 41.3 Å². The number of aromatic amines is 1. The molecule has 1 aliphatic heterocycles. The number of hydrogen-bond acceptors (Lipinski definition) is 4. The third-order valence-electron chi connectivity index (χ3n) is 6.17. The van der Waals surface area contributed by atoms with Gasteiger partial charge in [-0.2, -0.15) is 5.26 Å². The lowest BCUT2D eigenvalue weighted by Gasteiger charge is -2.25. The van der Waals surface area contributed by atoms with Crippen LogP contribution in [0.5, 0.6) is 0 Å². The van der Waals surface area contributed by atoms with Crippen LogP contribution in [0.15, 0.2) is 18.2 Å². The monoisotopic (exact) mass is 457 g/mol. The van der Waals surface area contributed by atoms with Crippen LogP contribution in [0.4, 0.5) is 8.78 Å². The van der Waals surface area contributed by atoms with Crippen LogP contribution >= 0.6 is 0 Å². The summed E-state index contributed by atoms with van der Waals surface area (Å²) in [6.07, 6.45) is 3.96. The second-order valence-electron chi connectivity index (χ2n) is 8.80. The van der Waals surface area contributed by atoms with Crippen molar-refractivity contribution in [2.45, 2.75) is 50.6 Å². The Morgan fingerprint density at radius 2 is 1.94 bits per heavy atom. The smallest absolute Gasteiger partial charge is 0.268 e. The first-order valence-electron chi connectivity index (χ1n) is 11.1. The molecule has 2 aliphatic rings. The first kappa shape index (κ1) is 22.7. The van der Waals surface area contributed by atoms with E-state index in [1.165, 1.54) is 6.07 Å². The van der Waals surface area contributed by atoms with Crippen LogP contribution in [0, 0.1) is 34.8 Å². The average molecular weight is 457 g/mol. The molecule has 1 saturated heterocycles. The van der Waals surface area contributed by atoms with E-state index >= 15 is 0 Å². The zero-order chi connectivity index (χ0) is 23.5. The van der Waals surface area contributed by atoms with Gasteiger partial charge in [0.05, 0.1) is 11.6 Å². The number of fused-ring (bicyclic) bond motifs is 1. The highest BCUT2D eigenvalue weighted by Crippen LogP contribution is 2.33. The van der Waals surface area contributed by atoms with Crippen LogP contribution in [-0.2, 0) is 9.59 Å². The van der Waals surface area contributed by atoms with E-state index in [1.807, 2.05) is 6.07 Å². The van der Waals surface area contributed by atoms with Gasteiger partial charge in [-0.3, -0.25) is 14.4 Å². The highest BCUT2D eigenvalue weighted by atomic mass is 19.1. The summed E-state index contributed by atoms with van der Waals surface area (Å²) in [5, 5.41) is 17.8. The molecular formula is C23H25F2N5O3. The van der Waals surface area contributed by atoms with E-state index in [-0.39, 0.29) is 34.8 Å². The topological polar surface area (TPSA) is 127 Å². The highest BCUT2D eigenvalue weighted by molar-refractivity contribution is 6.00. The molecular weight excluding hydrogens is 432 g/mol. The predicted octanol–water partition coefficient (Wildman–Crippen LogP) is 2.27. The highest BCUT2D eigenvalue weighted by Gasteiger charge is 2.33. The van der Waals surface area contributed by atoms with Crippen molar-refractivity contribution < 1.29 is 23.2 Å². The molecule has 2 heterocycles. The summed E-state index contributed by atoms with van der Waals surface area (Å²) in [5.41, 5.74) is -0.00106. The van der Waals surface area contributed by atoms with E-state index in [0.717, 1.165) is 31.4 Å². The standard InChI is InChI=1S/C23H25F2N5O3/c24-15-7-14-9-19(29-20(14)17(25)10-15)23(33)30-18(6-12-3-4-12)22(32)28-16(11-26)8-13-2-1-5-27-21(13)31/h7,9-10,12-13,16,18,29H,1-6,8H2,(H,27,31)(H,28,32)(H,30,33)/t13-,16-,18-/m0/s1. The number of hydrogen-bond donors (Lipinski definition) is 4. The summed E-state index contributed by atoms with van der Waals surface area (Å²) in [6, 6.07) is 3.42. The zero-order valence-electron chi connectivity index (χ0n) is 17.9. The van der Waals surface area contributed by atoms with Gasteiger partial charge in [0.15, 0.2) is 0 Å². The molecule has 1 aliphatic carbocycles. The van der Waals surface area contributed by atoms with Gasteiger partial charge in [-0.05, 0) is 43.7 Å². The van der Waals surface area contributed by atoms with Gasteiger partial charge >= 0.3 is 0 Å². The number of aromatic nitrogens is 1. The number of benzene rings is 1. The van der Waals surface area contributed by atoms with Crippen LogP contribution in [0.2, 0.25) is 0 Å². The van der Waals surface area contributed by atoms with Crippen LogP contribution < -0.4 is 16.0 Å². The Balaban J connectivity index is 1.44. The summed E-state index contributed by atoms with van der Waals surface area (Å²) in [6.45, 7) is 0.610. The maximum atomic E-state index is 14.0. The van der Waals surface area contributed by atoms with E-state index in [4.69, 9.17) is 0 Å². The lowest BCUT2D eigenvalue weighted by molar-refractivity contribution is -0.128. The minimum atomic E-state index is -0.894. The number of nitrogens with zero attached hydrogens (tertiary/aromatic N) is 1. The molecule has 0 bridgehead atoms. The number of nitriles is 1. The quantitative estimate of drug-likeness (QED) is 0.485. The second-order valence-corrected chi connectivity index (χ2v) is 8.80. The van der Waals surface area contributed by atoms with Crippen LogP contribution in [0.1, 0.15) is 49.0 Å². The number of rotatable bonds is 8. The number of piperidine rings is 1. The molecule has 174 valence electrons. The summed E-state index contributed by atoms with van der Waals surface area (Å²) in [7, 11) is 0. The molecule has 4 rings (SSSR count). The van der Waals surface area contributed by atoms with Crippen molar-refractivity contribution in [1.82, 2.24) is 20.9 Å². The van der Waals surface area contributed by atoms with Gasteiger partial charge in [-0.15, -0.1) is 0 Å². The van der Waals surface area contributed by atoms with Crippen molar-refractivity contribution in [2.75, 3.05) is 6.54 Å². The first-order chi connectivity index (χ1) is 15.8. The third kappa shape index (κ3) is 5.48. The maximum Gasteiger partial charge on any atom is 0.268 e. The number of carbonyl (C=O) groups is 3. The zero-order valence-corrected chi connectivity index (χ0v) is 17.9. The number of nitrogens with one attached hydrogen (secondary N) is 4. The van der Waals surface area contributed by atoms with Gasteiger partial charge in [0.1, 0.15) is 29.4 Å². The number of amides is 3. The van der Waals surface area contributed by atoms with Crippen molar-refractivity contribution >= 4 is 28.6 Å². The summed E-state index contributed by atoms with van der Waals surface area (Å²) < 4.78 is 27.4. The predicted molar refractivity (Wildman–Crippen MR) is 115 cm³/mol. The first-order valence-corrected chi connectivity index (χ1v) is 11.1. The van der Waals surface area contributed by atoms with Crippen molar-refractivity contribution in [3.05, 3.63) is 35.5 Å². The Bertz CT molecular complexity index is 1120. The fraction of sp³-hybridized carbons (Fsp3) is 0.478. The lowest BCUT2D eigenvalue weighted by atomic mass is 9.92. The molecule has 0 spiro atoms. The lowest BCUT2D eigenvalue weighted by Crippen LogP contribution is -2.50. The molecule has 1 aromatic heterocycles. The van der Waals surface area contributed by atoms with Crippen molar-refractivity contribution in [1.29, 1.82) is 5.26 Å².